The van der Waals surface area contributed by atoms with Crippen LogP contribution in [0.4, 0.5) is 0 Å². The summed E-state index contributed by atoms with van der Waals surface area (Å²) in [5.41, 5.74) is 0.230. The summed E-state index contributed by atoms with van der Waals surface area (Å²) in [5.74, 6) is -1.46. The van der Waals surface area contributed by atoms with Crippen molar-refractivity contribution in [1.82, 2.24) is 10.2 Å². The quantitative estimate of drug-likeness (QED) is 0.463. The van der Waals surface area contributed by atoms with E-state index in [-0.39, 0.29) is 23.3 Å². The molecule has 1 rings (SSSR count). The Morgan fingerprint density at radius 2 is 1.59 bits per heavy atom. The molecule has 0 saturated heterocycles. The van der Waals surface area contributed by atoms with Gasteiger partial charge in [-0.2, -0.15) is 11.8 Å². The highest BCUT2D eigenvalue weighted by molar-refractivity contribution is 8.00. The van der Waals surface area contributed by atoms with Gasteiger partial charge in [0.25, 0.3) is 0 Å². The standard InChI is InChI=1S/C27H42N2O4S/c1-17(2)20(16-18(3)25(32)33)29(9)24(31)21(26(4,5)6)28-23(30)22(34-10)27(7,8)19-14-12-11-13-15-19/h11-17,20-22H,1-10H3,(H,28,30)(H,32,33)/b18-16+/t20-,21-,22+/m1/s1. The predicted molar refractivity (Wildman–Crippen MR) is 141 cm³/mol. The summed E-state index contributed by atoms with van der Waals surface area (Å²) in [7, 11) is 1.67. The highest BCUT2D eigenvalue weighted by atomic mass is 32.2. The van der Waals surface area contributed by atoms with Crippen molar-refractivity contribution in [3.63, 3.8) is 0 Å². The third-order valence-corrected chi connectivity index (χ3v) is 7.56. The maximum absolute atomic E-state index is 13.7. The van der Waals surface area contributed by atoms with Gasteiger partial charge in [-0.15, -0.1) is 0 Å². The Balaban J connectivity index is 3.29. The number of carbonyl (C=O) groups is 3. The number of carboxylic acids is 1. The average Bonchev–Trinajstić information content (AvgIpc) is 2.74. The molecule has 0 heterocycles. The Kier molecular flexibility index (Phi) is 10.4. The van der Waals surface area contributed by atoms with E-state index in [4.69, 9.17) is 0 Å². The lowest BCUT2D eigenvalue weighted by Gasteiger charge is -2.39. The first-order chi connectivity index (χ1) is 15.5. The number of nitrogens with one attached hydrogen (secondary N) is 1. The normalized spacial score (nSPS) is 15.4. The molecule has 190 valence electrons. The highest BCUT2D eigenvalue weighted by Gasteiger charge is 2.41. The molecule has 0 spiro atoms. The van der Waals surface area contributed by atoms with Crippen LogP contribution in [-0.2, 0) is 19.8 Å². The van der Waals surface area contributed by atoms with Crippen molar-refractivity contribution >= 4 is 29.5 Å². The van der Waals surface area contributed by atoms with Gasteiger partial charge in [0.1, 0.15) is 6.04 Å². The molecule has 2 N–H and O–H groups in total. The van der Waals surface area contributed by atoms with Crippen molar-refractivity contribution in [2.24, 2.45) is 11.3 Å². The molecule has 1 aromatic rings. The molecule has 3 atom stereocenters. The topological polar surface area (TPSA) is 86.7 Å². The number of thioether (sulfide) groups is 1. The lowest BCUT2D eigenvalue weighted by atomic mass is 9.80. The number of likely N-dealkylation sites (N-methyl/N-ethyl adjacent to an activating group) is 1. The lowest BCUT2D eigenvalue weighted by Crippen LogP contribution is -2.59. The third kappa shape index (κ3) is 7.36. The second-order valence-electron chi connectivity index (χ2n) is 10.8. The van der Waals surface area contributed by atoms with Crippen molar-refractivity contribution in [3.8, 4) is 0 Å². The van der Waals surface area contributed by atoms with Gasteiger partial charge in [0.05, 0.1) is 11.3 Å². The van der Waals surface area contributed by atoms with E-state index < -0.39 is 34.1 Å². The number of carbonyl (C=O) groups excluding carboxylic acids is 2. The molecule has 0 fully saturated rings. The van der Waals surface area contributed by atoms with Gasteiger partial charge in [-0.1, -0.05) is 84.9 Å². The number of hydrogen-bond donors (Lipinski definition) is 2. The molecule has 2 amide bonds. The second kappa shape index (κ2) is 11.9. The molecule has 0 aliphatic heterocycles. The van der Waals surface area contributed by atoms with E-state index in [0.717, 1.165) is 5.56 Å². The van der Waals surface area contributed by atoms with Gasteiger partial charge in [0.2, 0.25) is 11.8 Å². The molecule has 7 heteroatoms. The molecule has 34 heavy (non-hydrogen) atoms. The van der Waals surface area contributed by atoms with Crippen molar-refractivity contribution < 1.29 is 19.5 Å². The number of nitrogens with zero attached hydrogens (tertiary/aromatic N) is 1. The van der Waals surface area contributed by atoms with Crippen molar-refractivity contribution in [3.05, 3.63) is 47.5 Å². The fourth-order valence-corrected chi connectivity index (χ4v) is 5.05. The van der Waals surface area contributed by atoms with Crippen LogP contribution in [0.2, 0.25) is 0 Å². The zero-order valence-corrected chi connectivity index (χ0v) is 23.1. The van der Waals surface area contributed by atoms with Gasteiger partial charge in [0.15, 0.2) is 0 Å². The van der Waals surface area contributed by atoms with Crippen molar-refractivity contribution in [1.29, 1.82) is 0 Å². The van der Waals surface area contributed by atoms with Crippen LogP contribution in [0.1, 0.15) is 61.0 Å². The Morgan fingerprint density at radius 1 is 1.06 bits per heavy atom. The van der Waals surface area contributed by atoms with Gasteiger partial charge < -0.3 is 15.3 Å². The summed E-state index contributed by atoms with van der Waals surface area (Å²) >= 11 is 1.46. The molecule has 0 unspecified atom stereocenters. The van der Waals surface area contributed by atoms with Crippen molar-refractivity contribution in [2.75, 3.05) is 13.3 Å². The predicted octanol–water partition coefficient (Wildman–Crippen LogP) is 4.74. The highest BCUT2D eigenvalue weighted by Crippen LogP contribution is 2.34. The van der Waals surface area contributed by atoms with Gasteiger partial charge in [0, 0.05) is 18.0 Å². The SMILES string of the molecule is CS[C@@H](C(=O)N[C@H](C(=O)N(C)[C@H](/C=C(\C)C(=O)O)C(C)C)C(C)(C)C)C(C)(C)c1ccccc1. The Labute approximate surface area is 209 Å². The van der Waals surface area contributed by atoms with Crippen LogP contribution in [0.15, 0.2) is 42.0 Å². The van der Waals surface area contributed by atoms with Gasteiger partial charge >= 0.3 is 5.97 Å². The third-order valence-electron chi connectivity index (χ3n) is 6.28. The molecule has 0 aliphatic rings. The fourth-order valence-electron chi connectivity index (χ4n) is 4.04. The monoisotopic (exact) mass is 490 g/mol. The number of hydrogen-bond acceptors (Lipinski definition) is 4. The maximum atomic E-state index is 13.7. The minimum atomic E-state index is -1.02. The minimum Gasteiger partial charge on any atom is -0.478 e. The van der Waals surface area contributed by atoms with Crippen LogP contribution in [0.5, 0.6) is 0 Å². The summed E-state index contributed by atoms with van der Waals surface area (Å²) < 4.78 is 0. The van der Waals surface area contributed by atoms with Crippen LogP contribution in [-0.4, -0.2) is 58.4 Å². The molecular weight excluding hydrogens is 448 g/mol. The summed E-state index contributed by atoms with van der Waals surface area (Å²) in [6.45, 7) is 15.2. The summed E-state index contributed by atoms with van der Waals surface area (Å²) in [4.78, 5) is 40.2. The summed E-state index contributed by atoms with van der Waals surface area (Å²) in [6.07, 6.45) is 3.51. The lowest BCUT2D eigenvalue weighted by molar-refractivity contribution is -0.140. The van der Waals surface area contributed by atoms with Crippen molar-refractivity contribution in [2.45, 2.75) is 78.1 Å². The molecular formula is C27H42N2O4S. The first-order valence-corrected chi connectivity index (χ1v) is 12.9. The first kappa shape index (κ1) is 29.8. The fraction of sp³-hybridized carbons (Fsp3) is 0.593. The number of rotatable bonds is 10. The molecule has 0 aliphatic carbocycles. The van der Waals surface area contributed by atoms with E-state index in [9.17, 15) is 19.5 Å². The van der Waals surface area contributed by atoms with Gasteiger partial charge in [-0.25, -0.2) is 4.79 Å². The molecule has 6 nitrogen and oxygen atoms in total. The maximum Gasteiger partial charge on any atom is 0.331 e. The van der Waals surface area contributed by atoms with E-state index in [2.05, 4.69) is 5.32 Å². The van der Waals surface area contributed by atoms with Crippen LogP contribution in [0.25, 0.3) is 0 Å². The largest absolute Gasteiger partial charge is 0.478 e. The number of carboxylic acid groups (broad SMARTS) is 1. The summed E-state index contributed by atoms with van der Waals surface area (Å²) in [5, 5.41) is 12.0. The molecule has 0 aromatic heterocycles. The zero-order chi connectivity index (χ0) is 26.4. The van der Waals surface area contributed by atoms with E-state index in [1.807, 2.05) is 85.1 Å². The van der Waals surface area contributed by atoms with Gasteiger partial charge in [-0.3, -0.25) is 9.59 Å². The van der Waals surface area contributed by atoms with E-state index in [1.165, 1.54) is 18.7 Å². The summed E-state index contributed by atoms with van der Waals surface area (Å²) in [6, 6.07) is 8.71. The number of aliphatic carboxylic acids is 1. The Hall–Kier alpha value is -2.28. The molecule has 0 saturated carbocycles. The smallest absolute Gasteiger partial charge is 0.331 e. The number of amides is 2. The Morgan fingerprint density at radius 3 is 2.00 bits per heavy atom. The van der Waals surface area contributed by atoms with E-state index >= 15 is 0 Å². The van der Waals surface area contributed by atoms with Gasteiger partial charge in [-0.05, 0) is 30.1 Å². The van der Waals surface area contributed by atoms with Crippen LogP contribution >= 0.6 is 11.8 Å². The van der Waals surface area contributed by atoms with E-state index in [1.54, 1.807) is 18.0 Å². The average molecular weight is 491 g/mol. The Bertz CT molecular complexity index is 888. The molecule has 0 bridgehead atoms. The molecule has 0 radical (unpaired) electrons. The first-order valence-electron chi connectivity index (χ1n) is 11.6. The van der Waals surface area contributed by atoms with Crippen LogP contribution in [0.3, 0.4) is 0 Å². The second-order valence-corrected chi connectivity index (χ2v) is 11.8. The van der Waals surface area contributed by atoms with E-state index in [0.29, 0.717) is 0 Å². The van der Waals surface area contributed by atoms with Crippen LogP contribution < -0.4 is 5.32 Å². The zero-order valence-electron chi connectivity index (χ0n) is 22.3. The molecule has 1 aromatic carbocycles. The number of benzene rings is 1. The van der Waals surface area contributed by atoms with Crippen LogP contribution in [0, 0.1) is 11.3 Å². The minimum absolute atomic E-state index is 0.00414.